The van der Waals surface area contributed by atoms with Gasteiger partial charge in [-0.25, -0.2) is 0 Å². The van der Waals surface area contributed by atoms with E-state index < -0.39 is 5.54 Å². The van der Waals surface area contributed by atoms with Crippen LogP contribution in [0.25, 0.3) is 0 Å². The molecule has 0 aromatic rings. The average Bonchev–Trinajstić information content (AvgIpc) is 2.53. The molecule has 0 aromatic carbocycles. The average molecular weight is 151 g/mol. The number of nitriles is 1. The largest absolute Gasteiger partial charge is 0.312 e. The summed E-state index contributed by atoms with van der Waals surface area (Å²) in [5.41, 5.74) is 5.27. The van der Waals surface area contributed by atoms with Crippen molar-refractivity contribution in [2.45, 2.75) is 30.8 Å². The zero-order chi connectivity index (χ0) is 7.90. The van der Waals surface area contributed by atoms with Crippen LogP contribution in [-0.2, 0) is 0 Å². The molecule has 0 amide bonds. The first-order chi connectivity index (χ1) is 5.26. The summed E-state index contributed by atoms with van der Waals surface area (Å²) < 4.78 is 0. The summed E-state index contributed by atoms with van der Waals surface area (Å²) >= 11 is 0. The van der Waals surface area contributed by atoms with Crippen LogP contribution in [0.4, 0.5) is 0 Å². The highest BCUT2D eigenvalue weighted by Gasteiger charge is 2.55. The maximum absolute atomic E-state index is 8.69. The minimum atomic E-state index is -0.496. The molecule has 60 valence electrons. The predicted molar refractivity (Wildman–Crippen MR) is 41.7 cm³/mol. The first-order valence-electron chi connectivity index (χ1n) is 4.20. The SMILES string of the molecule is N#CC1(N)CC1N1CCCC1. The van der Waals surface area contributed by atoms with Crippen molar-refractivity contribution in [2.24, 2.45) is 5.73 Å². The molecular weight excluding hydrogens is 138 g/mol. The fourth-order valence-electron chi connectivity index (χ4n) is 1.89. The van der Waals surface area contributed by atoms with Gasteiger partial charge in [-0.05, 0) is 32.4 Å². The Morgan fingerprint density at radius 2 is 2.09 bits per heavy atom. The number of likely N-dealkylation sites (tertiary alicyclic amines) is 1. The van der Waals surface area contributed by atoms with Crippen molar-refractivity contribution in [2.75, 3.05) is 13.1 Å². The third kappa shape index (κ3) is 1.03. The molecule has 11 heavy (non-hydrogen) atoms. The van der Waals surface area contributed by atoms with E-state index in [1.165, 1.54) is 12.8 Å². The number of hydrogen-bond acceptors (Lipinski definition) is 3. The molecule has 1 saturated carbocycles. The minimum absolute atomic E-state index is 0.370. The summed E-state index contributed by atoms with van der Waals surface area (Å²) in [7, 11) is 0. The summed E-state index contributed by atoms with van der Waals surface area (Å²) in [6.45, 7) is 2.29. The second-order valence-corrected chi connectivity index (χ2v) is 3.62. The van der Waals surface area contributed by atoms with Crippen molar-refractivity contribution < 1.29 is 0 Å². The maximum Gasteiger partial charge on any atom is 0.121 e. The van der Waals surface area contributed by atoms with E-state index in [2.05, 4.69) is 11.0 Å². The van der Waals surface area contributed by atoms with E-state index in [0.717, 1.165) is 19.5 Å². The van der Waals surface area contributed by atoms with Crippen molar-refractivity contribution in [3.05, 3.63) is 0 Å². The maximum atomic E-state index is 8.69. The van der Waals surface area contributed by atoms with Gasteiger partial charge >= 0.3 is 0 Å². The Morgan fingerprint density at radius 1 is 1.45 bits per heavy atom. The Balaban J connectivity index is 1.96. The van der Waals surface area contributed by atoms with E-state index in [-0.39, 0.29) is 0 Å². The Labute approximate surface area is 66.8 Å². The molecule has 1 saturated heterocycles. The second-order valence-electron chi connectivity index (χ2n) is 3.62. The topological polar surface area (TPSA) is 53.1 Å². The van der Waals surface area contributed by atoms with Crippen molar-refractivity contribution >= 4 is 0 Å². The Kier molecular flexibility index (Phi) is 1.41. The lowest BCUT2D eigenvalue weighted by Crippen LogP contribution is -2.34. The molecule has 3 nitrogen and oxygen atoms in total. The second kappa shape index (κ2) is 2.20. The van der Waals surface area contributed by atoms with Gasteiger partial charge in [0.2, 0.25) is 0 Å². The summed E-state index contributed by atoms with van der Waals surface area (Å²) in [4.78, 5) is 2.35. The number of hydrogen-bond donors (Lipinski definition) is 1. The van der Waals surface area contributed by atoms with E-state index in [4.69, 9.17) is 11.0 Å². The monoisotopic (exact) mass is 151 g/mol. The third-order valence-corrected chi connectivity index (χ3v) is 2.76. The van der Waals surface area contributed by atoms with Crippen LogP contribution < -0.4 is 5.73 Å². The highest BCUT2D eigenvalue weighted by atomic mass is 15.2. The van der Waals surface area contributed by atoms with Crippen LogP contribution >= 0.6 is 0 Å². The third-order valence-electron chi connectivity index (χ3n) is 2.76. The molecule has 2 aliphatic rings. The Bertz CT molecular complexity index is 202. The first kappa shape index (κ1) is 7.08. The highest BCUT2D eigenvalue weighted by molar-refractivity contribution is 5.27. The molecule has 2 unspecified atom stereocenters. The van der Waals surface area contributed by atoms with Crippen molar-refractivity contribution in [3.63, 3.8) is 0 Å². The van der Waals surface area contributed by atoms with E-state index in [1.54, 1.807) is 0 Å². The number of nitrogens with zero attached hydrogens (tertiary/aromatic N) is 2. The molecule has 2 atom stereocenters. The fraction of sp³-hybridized carbons (Fsp3) is 0.875. The number of rotatable bonds is 1. The molecule has 2 rings (SSSR count). The Morgan fingerprint density at radius 3 is 2.55 bits per heavy atom. The first-order valence-corrected chi connectivity index (χ1v) is 4.20. The van der Waals surface area contributed by atoms with Crippen molar-refractivity contribution in [1.82, 2.24) is 4.90 Å². The summed E-state index contributed by atoms with van der Waals surface area (Å²) in [6.07, 6.45) is 3.43. The van der Waals surface area contributed by atoms with Gasteiger partial charge in [0.15, 0.2) is 0 Å². The highest BCUT2D eigenvalue weighted by Crippen LogP contribution is 2.38. The Hall–Kier alpha value is -0.590. The van der Waals surface area contributed by atoms with Gasteiger partial charge in [0, 0.05) is 6.04 Å². The van der Waals surface area contributed by atoms with Gasteiger partial charge < -0.3 is 5.73 Å². The van der Waals surface area contributed by atoms with Crippen LogP contribution in [0.15, 0.2) is 0 Å². The van der Waals surface area contributed by atoms with Gasteiger partial charge in [-0.3, -0.25) is 4.90 Å². The van der Waals surface area contributed by atoms with Gasteiger partial charge in [0.1, 0.15) is 5.54 Å². The molecular formula is C8H13N3. The minimum Gasteiger partial charge on any atom is -0.312 e. The normalized spacial score (nSPS) is 43.8. The standard InChI is InChI=1S/C8H13N3/c9-6-8(10)5-7(8)11-3-1-2-4-11/h7H,1-5,10H2. The van der Waals surface area contributed by atoms with Gasteiger partial charge in [0.25, 0.3) is 0 Å². The fourth-order valence-corrected chi connectivity index (χ4v) is 1.89. The molecule has 0 spiro atoms. The van der Waals surface area contributed by atoms with E-state index >= 15 is 0 Å². The van der Waals surface area contributed by atoms with E-state index in [1.807, 2.05) is 0 Å². The van der Waals surface area contributed by atoms with Crippen LogP contribution in [0.1, 0.15) is 19.3 Å². The molecule has 0 radical (unpaired) electrons. The smallest absolute Gasteiger partial charge is 0.121 e. The molecule has 2 N–H and O–H groups in total. The van der Waals surface area contributed by atoms with Crippen LogP contribution in [0.3, 0.4) is 0 Å². The van der Waals surface area contributed by atoms with E-state index in [9.17, 15) is 0 Å². The molecule has 1 aliphatic heterocycles. The molecule has 2 fully saturated rings. The van der Waals surface area contributed by atoms with Gasteiger partial charge in [0.05, 0.1) is 6.07 Å². The summed E-state index contributed by atoms with van der Waals surface area (Å²) in [6, 6.07) is 2.55. The molecule has 1 heterocycles. The lowest BCUT2D eigenvalue weighted by molar-refractivity contribution is 0.313. The molecule has 1 aliphatic carbocycles. The van der Waals surface area contributed by atoms with Crippen LogP contribution in [0.5, 0.6) is 0 Å². The van der Waals surface area contributed by atoms with Gasteiger partial charge in [-0.1, -0.05) is 0 Å². The van der Waals surface area contributed by atoms with Gasteiger partial charge in [-0.2, -0.15) is 5.26 Å². The summed E-state index contributed by atoms with van der Waals surface area (Å²) in [5.74, 6) is 0. The molecule has 0 aromatic heterocycles. The predicted octanol–water partition coefficient (Wildman–Crippen LogP) is 0.0756. The van der Waals surface area contributed by atoms with E-state index in [0.29, 0.717) is 6.04 Å². The van der Waals surface area contributed by atoms with Crippen LogP contribution in [-0.4, -0.2) is 29.6 Å². The van der Waals surface area contributed by atoms with Crippen molar-refractivity contribution in [1.29, 1.82) is 5.26 Å². The van der Waals surface area contributed by atoms with Crippen LogP contribution in [0.2, 0.25) is 0 Å². The van der Waals surface area contributed by atoms with Crippen molar-refractivity contribution in [3.8, 4) is 6.07 Å². The van der Waals surface area contributed by atoms with Crippen LogP contribution in [0, 0.1) is 11.3 Å². The summed E-state index contributed by atoms with van der Waals surface area (Å²) in [5, 5.41) is 8.69. The molecule has 0 bridgehead atoms. The zero-order valence-electron chi connectivity index (χ0n) is 6.58. The quantitative estimate of drug-likeness (QED) is 0.577. The molecule has 3 heteroatoms. The van der Waals surface area contributed by atoms with Gasteiger partial charge in [-0.15, -0.1) is 0 Å². The lowest BCUT2D eigenvalue weighted by Gasteiger charge is -2.14. The lowest BCUT2D eigenvalue weighted by atomic mass is 10.3. The number of nitrogens with two attached hydrogens (primary N) is 1. The zero-order valence-corrected chi connectivity index (χ0v) is 6.58.